The zero-order valence-electron chi connectivity index (χ0n) is 13.0. The van der Waals surface area contributed by atoms with Gasteiger partial charge in [-0.2, -0.15) is 4.31 Å². The molecule has 0 N–H and O–H groups in total. The molecule has 3 heterocycles. The van der Waals surface area contributed by atoms with Gasteiger partial charge >= 0.3 is 0 Å². The first-order valence-corrected chi connectivity index (χ1v) is 9.57. The van der Waals surface area contributed by atoms with Gasteiger partial charge in [0, 0.05) is 25.9 Å². The third-order valence-electron chi connectivity index (χ3n) is 4.82. The second kappa shape index (κ2) is 5.73. The predicted molar refractivity (Wildman–Crippen MR) is 82.9 cm³/mol. The molecule has 0 unspecified atom stereocenters. The SMILES string of the molecule is O=S(=O)(c1ccc2c(c1)CCCO2)N1CCC2(CC1)OCCO2. The molecule has 1 spiro atoms. The summed E-state index contributed by atoms with van der Waals surface area (Å²) >= 11 is 0. The number of piperidine rings is 1. The average Bonchev–Trinajstić information content (AvgIpc) is 3.03. The monoisotopic (exact) mass is 339 g/mol. The largest absolute Gasteiger partial charge is 0.493 e. The Bertz CT molecular complexity index is 686. The zero-order chi connectivity index (χ0) is 15.9. The van der Waals surface area contributed by atoms with Crippen LogP contribution in [0.3, 0.4) is 0 Å². The van der Waals surface area contributed by atoms with Crippen LogP contribution in [-0.2, 0) is 25.9 Å². The summed E-state index contributed by atoms with van der Waals surface area (Å²) in [4.78, 5) is 0.353. The Morgan fingerprint density at radius 3 is 2.52 bits per heavy atom. The van der Waals surface area contributed by atoms with Crippen molar-refractivity contribution >= 4 is 10.0 Å². The molecule has 3 aliphatic rings. The second-order valence-electron chi connectivity index (χ2n) is 6.23. The highest BCUT2D eigenvalue weighted by molar-refractivity contribution is 7.89. The molecule has 7 heteroatoms. The second-order valence-corrected chi connectivity index (χ2v) is 8.17. The number of ether oxygens (including phenoxy) is 3. The number of aryl methyl sites for hydroxylation is 1. The Kier molecular flexibility index (Phi) is 3.84. The molecule has 1 aromatic carbocycles. The van der Waals surface area contributed by atoms with Crippen molar-refractivity contribution in [3.8, 4) is 5.75 Å². The Morgan fingerprint density at radius 1 is 1.04 bits per heavy atom. The first kappa shape index (κ1) is 15.4. The number of benzene rings is 1. The van der Waals surface area contributed by atoms with Crippen LogP contribution in [0, 0.1) is 0 Å². The molecular weight excluding hydrogens is 318 g/mol. The van der Waals surface area contributed by atoms with Crippen LogP contribution in [0.2, 0.25) is 0 Å². The van der Waals surface area contributed by atoms with E-state index in [1.807, 2.05) is 0 Å². The Morgan fingerprint density at radius 2 is 1.78 bits per heavy atom. The number of hydrogen-bond acceptors (Lipinski definition) is 5. The van der Waals surface area contributed by atoms with E-state index < -0.39 is 15.8 Å². The van der Waals surface area contributed by atoms with E-state index in [2.05, 4.69) is 0 Å². The molecule has 0 atom stereocenters. The van der Waals surface area contributed by atoms with Gasteiger partial charge in [-0.3, -0.25) is 0 Å². The molecule has 0 radical (unpaired) electrons. The van der Waals surface area contributed by atoms with Gasteiger partial charge in [-0.15, -0.1) is 0 Å². The fourth-order valence-corrected chi connectivity index (χ4v) is 4.99. The van der Waals surface area contributed by atoms with Gasteiger partial charge < -0.3 is 14.2 Å². The smallest absolute Gasteiger partial charge is 0.243 e. The van der Waals surface area contributed by atoms with Crippen LogP contribution in [0.5, 0.6) is 5.75 Å². The molecule has 2 saturated heterocycles. The standard InChI is InChI=1S/C16H21NO5S/c18-23(19,14-3-4-15-13(12-14)2-1-9-20-15)17-7-5-16(6-8-17)21-10-11-22-16/h3-4,12H,1-2,5-11H2. The van der Waals surface area contributed by atoms with Crippen LogP contribution in [0.25, 0.3) is 0 Å². The first-order valence-electron chi connectivity index (χ1n) is 8.13. The summed E-state index contributed by atoms with van der Waals surface area (Å²) in [5.41, 5.74) is 0.980. The van der Waals surface area contributed by atoms with Crippen LogP contribution in [0.4, 0.5) is 0 Å². The molecule has 23 heavy (non-hydrogen) atoms. The van der Waals surface area contributed by atoms with Crippen LogP contribution in [-0.4, -0.2) is 51.4 Å². The number of nitrogens with zero attached hydrogens (tertiary/aromatic N) is 1. The van der Waals surface area contributed by atoms with E-state index in [0.29, 0.717) is 50.6 Å². The van der Waals surface area contributed by atoms with Crippen LogP contribution in [0.15, 0.2) is 23.1 Å². The van der Waals surface area contributed by atoms with Gasteiger partial charge in [-0.25, -0.2) is 8.42 Å². The van der Waals surface area contributed by atoms with Crippen molar-refractivity contribution in [2.24, 2.45) is 0 Å². The van der Waals surface area contributed by atoms with Crippen molar-refractivity contribution < 1.29 is 22.6 Å². The molecule has 0 saturated carbocycles. The molecule has 0 aliphatic carbocycles. The molecule has 3 aliphatic heterocycles. The van der Waals surface area contributed by atoms with E-state index in [4.69, 9.17) is 14.2 Å². The fraction of sp³-hybridized carbons (Fsp3) is 0.625. The van der Waals surface area contributed by atoms with Crippen molar-refractivity contribution in [1.29, 1.82) is 0 Å². The summed E-state index contributed by atoms with van der Waals surface area (Å²) in [6.45, 7) is 2.74. The van der Waals surface area contributed by atoms with Crippen molar-refractivity contribution in [3.05, 3.63) is 23.8 Å². The molecule has 4 rings (SSSR count). The minimum absolute atomic E-state index is 0.353. The average molecular weight is 339 g/mol. The maximum Gasteiger partial charge on any atom is 0.243 e. The van der Waals surface area contributed by atoms with E-state index in [0.717, 1.165) is 24.2 Å². The quantitative estimate of drug-likeness (QED) is 0.818. The summed E-state index contributed by atoms with van der Waals surface area (Å²) < 4.78 is 44.2. The summed E-state index contributed by atoms with van der Waals surface area (Å²) in [5, 5.41) is 0. The van der Waals surface area contributed by atoms with Crippen LogP contribution < -0.4 is 4.74 Å². The molecule has 126 valence electrons. The van der Waals surface area contributed by atoms with E-state index in [9.17, 15) is 8.42 Å². The maximum atomic E-state index is 12.9. The lowest BCUT2D eigenvalue weighted by atomic mass is 10.1. The zero-order valence-corrected chi connectivity index (χ0v) is 13.8. The lowest BCUT2D eigenvalue weighted by Gasteiger charge is -2.36. The number of sulfonamides is 1. The van der Waals surface area contributed by atoms with Crippen molar-refractivity contribution in [3.63, 3.8) is 0 Å². The van der Waals surface area contributed by atoms with E-state index in [1.165, 1.54) is 4.31 Å². The lowest BCUT2D eigenvalue weighted by molar-refractivity contribution is -0.179. The third-order valence-corrected chi connectivity index (χ3v) is 6.71. The van der Waals surface area contributed by atoms with E-state index >= 15 is 0 Å². The van der Waals surface area contributed by atoms with Crippen molar-refractivity contribution in [2.45, 2.75) is 36.4 Å². The Balaban J connectivity index is 1.54. The molecule has 1 aromatic rings. The van der Waals surface area contributed by atoms with Gasteiger partial charge in [0.2, 0.25) is 10.0 Å². The van der Waals surface area contributed by atoms with E-state index in [-0.39, 0.29) is 0 Å². The first-order chi connectivity index (χ1) is 11.1. The number of fused-ring (bicyclic) bond motifs is 1. The molecule has 0 bridgehead atoms. The van der Waals surface area contributed by atoms with Gasteiger partial charge in [0.25, 0.3) is 0 Å². The lowest BCUT2D eigenvalue weighted by Crippen LogP contribution is -2.47. The predicted octanol–water partition coefficient (Wildman–Crippen LogP) is 1.54. The highest BCUT2D eigenvalue weighted by Gasteiger charge is 2.42. The molecule has 2 fully saturated rings. The Hall–Kier alpha value is -1.15. The summed E-state index contributed by atoms with van der Waals surface area (Å²) in [5.74, 6) is 0.246. The van der Waals surface area contributed by atoms with Gasteiger partial charge in [-0.05, 0) is 36.6 Å². The number of hydrogen-bond donors (Lipinski definition) is 0. The van der Waals surface area contributed by atoms with E-state index in [1.54, 1.807) is 18.2 Å². The topological polar surface area (TPSA) is 65.1 Å². The van der Waals surface area contributed by atoms with Crippen LogP contribution in [0.1, 0.15) is 24.8 Å². The summed E-state index contributed by atoms with van der Waals surface area (Å²) in [6, 6.07) is 5.18. The van der Waals surface area contributed by atoms with Crippen LogP contribution >= 0.6 is 0 Å². The fourth-order valence-electron chi connectivity index (χ4n) is 3.50. The minimum atomic E-state index is -3.48. The van der Waals surface area contributed by atoms with Gasteiger partial charge in [0.15, 0.2) is 5.79 Å². The highest BCUT2D eigenvalue weighted by Crippen LogP contribution is 2.34. The van der Waals surface area contributed by atoms with Gasteiger partial charge in [-0.1, -0.05) is 0 Å². The van der Waals surface area contributed by atoms with Gasteiger partial charge in [0.1, 0.15) is 5.75 Å². The van der Waals surface area contributed by atoms with Crippen molar-refractivity contribution in [1.82, 2.24) is 4.31 Å². The van der Waals surface area contributed by atoms with Gasteiger partial charge in [0.05, 0.1) is 24.7 Å². The maximum absolute atomic E-state index is 12.9. The number of rotatable bonds is 2. The molecule has 0 amide bonds. The highest BCUT2D eigenvalue weighted by atomic mass is 32.2. The normalized spacial score (nSPS) is 24.3. The molecule has 6 nitrogen and oxygen atoms in total. The Labute approximate surface area is 136 Å². The summed E-state index contributed by atoms with van der Waals surface area (Å²) in [7, 11) is -3.48. The van der Waals surface area contributed by atoms with Crippen molar-refractivity contribution in [2.75, 3.05) is 32.9 Å². The summed E-state index contributed by atoms with van der Waals surface area (Å²) in [6.07, 6.45) is 2.96. The third kappa shape index (κ3) is 2.76. The molecule has 0 aromatic heterocycles. The minimum Gasteiger partial charge on any atom is -0.493 e. The molecular formula is C16H21NO5S.